The van der Waals surface area contributed by atoms with E-state index in [1.54, 1.807) is 0 Å². The van der Waals surface area contributed by atoms with Crippen LogP contribution in [0.5, 0.6) is 5.75 Å². The quantitative estimate of drug-likeness (QED) is 0.771. The van der Waals surface area contributed by atoms with Crippen LogP contribution in [0.25, 0.3) is 0 Å². The van der Waals surface area contributed by atoms with Gasteiger partial charge in [-0.25, -0.2) is 4.39 Å². The highest BCUT2D eigenvalue weighted by Crippen LogP contribution is 2.25. The molecule has 0 atom stereocenters. The Morgan fingerprint density at radius 2 is 1.94 bits per heavy atom. The van der Waals surface area contributed by atoms with Gasteiger partial charge in [-0.2, -0.15) is 0 Å². The second-order valence-electron chi connectivity index (χ2n) is 4.56. The van der Waals surface area contributed by atoms with Gasteiger partial charge in [-0.3, -0.25) is 0 Å². The number of rotatable bonds is 4. The van der Waals surface area contributed by atoms with Gasteiger partial charge in [0.15, 0.2) is 0 Å². The molecule has 1 saturated carbocycles. The molecule has 2 rings (SSSR count). The van der Waals surface area contributed by atoms with Crippen molar-refractivity contribution < 1.29 is 19.2 Å². The van der Waals surface area contributed by atoms with Gasteiger partial charge < -0.3 is 14.8 Å². The van der Waals surface area contributed by atoms with Gasteiger partial charge in [0, 0.05) is 6.07 Å². The van der Waals surface area contributed by atoms with E-state index in [0.717, 1.165) is 18.9 Å². The third-order valence-corrected chi connectivity index (χ3v) is 3.15. The van der Waals surface area contributed by atoms with E-state index in [-0.39, 0.29) is 5.46 Å². The minimum Gasteiger partial charge on any atom is -0.493 e. The van der Waals surface area contributed by atoms with Crippen molar-refractivity contribution in [2.24, 2.45) is 5.92 Å². The zero-order valence-corrected chi connectivity index (χ0v) is 9.60. The fourth-order valence-corrected chi connectivity index (χ4v) is 2.21. The second kappa shape index (κ2) is 5.51. The predicted molar refractivity (Wildman–Crippen MR) is 63.7 cm³/mol. The molecule has 0 amide bonds. The van der Waals surface area contributed by atoms with E-state index >= 15 is 0 Å². The molecule has 1 fully saturated rings. The Bertz CT molecular complexity index is 378. The molecular weight excluding hydrogens is 222 g/mol. The summed E-state index contributed by atoms with van der Waals surface area (Å²) in [5.41, 5.74) is 0.117. The zero-order chi connectivity index (χ0) is 12.3. The van der Waals surface area contributed by atoms with Crippen LogP contribution in [0.4, 0.5) is 4.39 Å². The summed E-state index contributed by atoms with van der Waals surface area (Å²) in [5, 5.41) is 18.0. The number of hydrogen-bond acceptors (Lipinski definition) is 3. The highest BCUT2D eigenvalue weighted by atomic mass is 19.1. The number of benzene rings is 1. The van der Waals surface area contributed by atoms with Crippen molar-refractivity contribution in [3.8, 4) is 5.75 Å². The van der Waals surface area contributed by atoms with Crippen LogP contribution < -0.4 is 10.2 Å². The topological polar surface area (TPSA) is 49.7 Å². The van der Waals surface area contributed by atoms with Crippen molar-refractivity contribution in [2.45, 2.75) is 25.7 Å². The van der Waals surface area contributed by atoms with Crippen LogP contribution >= 0.6 is 0 Å². The molecule has 1 aromatic carbocycles. The Kier molecular flexibility index (Phi) is 4.02. The molecule has 0 spiro atoms. The van der Waals surface area contributed by atoms with Gasteiger partial charge in [0.2, 0.25) is 0 Å². The normalized spacial score (nSPS) is 16.2. The van der Waals surface area contributed by atoms with Crippen molar-refractivity contribution in [2.75, 3.05) is 6.61 Å². The SMILES string of the molecule is OB(O)c1cc(F)cc(OCC2CCCC2)c1. The molecule has 0 saturated heterocycles. The number of hydrogen-bond donors (Lipinski definition) is 2. The van der Waals surface area contributed by atoms with Crippen molar-refractivity contribution in [1.29, 1.82) is 0 Å². The summed E-state index contributed by atoms with van der Waals surface area (Å²) in [5.74, 6) is 0.387. The molecule has 0 bridgehead atoms. The van der Waals surface area contributed by atoms with E-state index < -0.39 is 12.9 Å². The summed E-state index contributed by atoms with van der Waals surface area (Å²) >= 11 is 0. The Labute approximate surface area is 100 Å². The first-order valence-corrected chi connectivity index (χ1v) is 5.94. The number of halogens is 1. The fraction of sp³-hybridized carbons (Fsp3) is 0.500. The lowest BCUT2D eigenvalue weighted by molar-refractivity contribution is 0.251. The molecule has 17 heavy (non-hydrogen) atoms. The molecule has 0 aliphatic heterocycles. The molecule has 1 aliphatic rings. The summed E-state index contributed by atoms with van der Waals surface area (Å²) in [7, 11) is -1.67. The molecule has 92 valence electrons. The molecule has 1 aromatic rings. The minimum absolute atomic E-state index is 0.117. The van der Waals surface area contributed by atoms with Crippen LogP contribution in [0.15, 0.2) is 18.2 Å². The Morgan fingerprint density at radius 1 is 1.24 bits per heavy atom. The van der Waals surface area contributed by atoms with Gasteiger partial charge in [-0.15, -0.1) is 0 Å². The number of ether oxygens (including phenoxy) is 1. The molecular formula is C12H16BFO3. The first-order valence-electron chi connectivity index (χ1n) is 5.94. The summed E-state index contributed by atoms with van der Waals surface area (Å²) < 4.78 is 18.7. The van der Waals surface area contributed by atoms with Crippen LogP contribution in [0.2, 0.25) is 0 Å². The van der Waals surface area contributed by atoms with Gasteiger partial charge in [0.1, 0.15) is 11.6 Å². The molecule has 0 heterocycles. The van der Waals surface area contributed by atoms with E-state index in [2.05, 4.69) is 0 Å². The predicted octanol–water partition coefficient (Wildman–Crippen LogP) is 1.07. The maximum atomic E-state index is 13.2. The lowest BCUT2D eigenvalue weighted by Crippen LogP contribution is -2.30. The second-order valence-corrected chi connectivity index (χ2v) is 4.56. The van der Waals surface area contributed by atoms with E-state index in [4.69, 9.17) is 14.8 Å². The fourth-order valence-electron chi connectivity index (χ4n) is 2.21. The van der Waals surface area contributed by atoms with Crippen molar-refractivity contribution >= 4 is 12.6 Å². The first kappa shape index (κ1) is 12.4. The standard InChI is InChI=1S/C12H16BFO3/c14-11-5-10(13(15)16)6-12(7-11)17-8-9-3-1-2-4-9/h5-7,9,15-16H,1-4,8H2. The van der Waals surface area contributed by atoms with Crippen molar-refractivity contribution in [3.05, 3.63) is 24.0 Å². The molecule has 0 radical (unpaired) electrons. The van der Waals surface area contributed by atoms with E-state index in [1.165, 1.54) is 25.0 Å². The van der Waals surface area contributed by atoms with Crippen molar-refractivity contribution in [1.82, 2.24) is 0 Å². The summed E-state index contributed by atoms with van der Waals surface area (Å²) in [6.45, 7) is 0.574. The minimum atomic E-state index is -1.67. The molecule has 0 aromatic heterocycles. The smallest absolute Gasteiger partial charge is 0.488 e. The van der Waals surface area contributed by atoms with Crippen LogP contribution in [0, 0.1) is 11.7 Å². The summed E-state index contributed by atoms with van der Waals surface area (Å²) in [6.07, 6.45) is 4.78. The average Bonchev–Trinajstić information content (AvgIpc) is 2.78. The molecule has 2 N–H and O–H groups in total. The van der Waals surface area contributed by atoms with Gasteiger partial charge >= 0.3 is 7.12 Å². The highest BCUT2D eigenvalue weighted by molar-refractivity contribution is 6.58. The third kappa shape index (κ3) is 3.44. The zero-order valence-electron chi connectivity index (χ0n) is 9.60. The average molecular weight is 238 g/mol. The molecule has 3 nitrogen and oxygen atoms in total. The van der Waals surface area contributed by atoms with Gasteiger partial charge in [0.25, 0.3) is 0 Å². The van der Waals surface area contributed by atoms with Crippen LogP contribution in [0.1, 0.15) is 25.7 Å². The molecule has 0 unspecified atom stereocenters. The summed E-state index contributed by atoms with van der Waals surface area (Å²) in [4.78, 5) is 0. The van der Waals surface area contributed by atoms with Gasteiger partial charge in [-0.1, -0.05) is 12.8 Å². The van der Waals surface area contributed by atoms with Crippen molar-refractivity contribution in [3.63, 3.8) is 0 Å². The Morgan fingerprint density at radius 3 is 2.59 bits per heavy atom. The maximum Gasteiger partial charge on any atom is 0.488 e. The molecule has 5 heteroatoms. The highest BCUT2D eigenvalue weighted by Gasteiger charge is 2.17. The largest absolute Gasteiger partial charge is 0.493 e. The van der Waals surface area contributed by atoms with E-state index in [1.807, 2.05) is 0 Å². The Hall–Kier alpha value is -1.07. The Balaban J connectivity index is 1.99. The van der Waals surface area contributed by atoms with Crippen LogP contribution in [-0.4, -0.2) is 23.8 Å². The monoisotopic (exact) mass is 238 g/mol. The lowest BCUT2D eigenvalue weighted by atomic mass is 9.80. The van der Waals surface area contributed by atoms with Gasteiger partial charge in [0.05, 0.1) is 6.61 Å². The summed E-state index contributed by atoms with van der Waals surface area (Å²) in [6, 6.07) is 3.82. The van der Waals surface area contributed by atoms with E-state index in [0.29, 0.717) is 18.3 Å². The van der Waals surface area contributed by atoms with Crippen LogP contribution in [0.3, 0.4) is 0 Å². The molecule has 1 aliphatic carbocycles. The first-order chi connectivity index (χ1) is 8.15. The maximum absolute atomic E-state index is 13.2. The van der Waals surface area contributed by atoms with E-state index in [9.17, 15) is 4.39 Å². The lowest BCUT2D eigenvalue weighted by Gasteiger charge is -2.12. The van der Waals surface area contributed by atoms with Gasteiger partial charge in [-0.05, 0) is 36.4 Å². The third-order valence-electron chi connectivity index (χ3n) is 3.15. The van der Waals surface area contributed by atoms with Crippen LogP contribution in [-0.2, 0) is 0 Å².